The maximum absolute atomic E-state index is 8.91. The topological polar surface area (TPSA) is 47.9 Å². The van der Waals surface area contributed by atoms with Gasteiger partial charge in [-0.3, -0.25) is 0 Å². The molecule has 0 amide bonds. The van der Waals surface area contributed by atoms with Crippen LogP contribution in [-0.2, 0) is 14.0 Å². The normalized spacial score (nSPS) is 40.5. The fourth-order valence-electron chi connectivity index (χ4n) is 1.69. The molecule has 2 aliphatic heterocycles. The lowest BCUT2D eigenvalue weighted by atomic mass is 9.87. The summed E-state index contributed by atoms with van der Waals surface area (Å²) in [6, 6.07) is 0. The van der Waals surface area contributed by atoms with E-state index in [1.807, 2.05) is 6.92 Å². The maximum Gasteiger partial charge on any atom is 0.457 e. The summed E-state index contributed by atoms with van der Waals surface area (Å²) in [5, 5.41) is 8.91. The Hall–Kier alpha value is -0.0951. The largest absolute Gasteiger partial charge is 0.457 e. The van der Waals surface area contributed by atoms with Crippen molar-refractivity contribution in [3.63, 3.8) is 0 Å². The van der Waals surface area contributed by atoms with Crippen LogP contribution in [0.25, 0.3) is 0 Å². The molecule has 0 aromatic heterocycles. The Labute approximate surface area is 71.9 Å². The predicted octanol–water partition coefficient (Wildman–Crippen LogP) is -0.330. The molecule has 2 rings (SSSR count). The van der Waals surface area contributed by atoms with Crippen molar-refractivity contribution in [1.29, 1.82) is 0 Å². The zero-order valence-electron chi connectivity index (χ0n) is 7.10. The summed E-state index contributed by atoms with van der Waals surface area (Å²) in [5.74, 6) is 0. The smallest absolute Gasteiger partial charge is 0.403 e. The molecule has 0 bridgehead atoms. The molecule has 2 fully saturated rings. The van der Waals surface area contributed by atoms with E-state index in [1.165, 1.54) is 0 Å². The average molecular weight is 172 g/mol. The van der Waals surface area contributed by atoms with Crippen LogP contribution in [0.1, 0.15) is 6.92 Å². The van der Waals surface area contributed by atoms with Gasteiger partial charge in [0.1, 0.15) is 6.10 Å². The first-order chi connectivity index (χ1) is 5.85. The van der Waals surface area contributed by atoms with Crippen LogP contribution in [0, 0.1) is 0 Å². The summed E-state index contributed by atoms with van der Waals surface area (Å²) >= 11 is 0. The minimum atomic E-state index is -0.188. The molecule has 2 heterocycles. The van der Waals surface area contributed by atoms with E-state index < -0.39 is 0 Å². The Bertz CT molecular complexity index is 165. The highest BCUT2D eigenvalue weighted by Gasteiger charge is 2.47. The summed E-state index contributed by atoms with van der Waals surface area (Å²) in [6.07, 6.45) is 0.643. The Kier molecular flexibility index (Phi) is 2.36. The van der Waals surface area contributed by atoms with Gasteiger partial charge in [0.2, 0.25) is 0 Å². The van der Waals surface area contributed by atoms with Gasteiger partial charge in [-0.05, 0) is 6.32 Å². The van der Waals surface area contributed by atoms with Crippen LogP contribution < -0.4 is 0 Å². The highest BCUT2D eigenvalue weighted by molar-refractivity contribution is 6.45. The molecule has 0 radical (unpaired) electrons. The van der Waals surface area contributed by atoms with Gasteiger partial charge < -0.3 is 19.2 Å². The molecule has 1 N–H and O–H groups in total. The molecule has 12 heavy (non-hydrogen) atoms. The molecule has 0 spiro atoms. The number of hydrogen-bond donors (Lipinski definition) is 1. The molecule has 2 aliphatic rings. The van der Waals surface area contributed by atoms with Crippen LogP contribution in [0.5, 0.6) is 0 Å². The van der Waals surface area contributed by atoms with Crippen LogP contribution in [0.4, 0.5) is 0 Å². The molecule has 0 saturated carbocycles. The quantitative estimate of drug-likeness (QED) is 0.579. The Morgan fingerprint density at radius 2 is 2.33 bits per heavy atom. The van der Waals surface area contributed by atoms with Gasteiger partial charge in [0.05, 0.1) is 25.4 Å². The van der Waals surface area contributed by atoms with Crippen LogP contribution in [0.3, 0.4) is 0 Å². The molecule has 0 aliphatic carbocycles. The highest BCUT2D eigenvalue weighted by Crippen LogP contribution is 2.28. The van der Waals surface area contributed by atoms with Gasteiger partial charge in [-0.15, -0.1) is 0 Å². The molecule has 3 atom stereocenters. The summed E-state index contributed by atoms with van der Waals surface area (Å²) in [6.45, 7) is 2.58. The van der Waals surface area contributed by atoms with Crippen molar-refractivity contribution in [2.45, 2.75) is 31.6 Å². The lowest BCUT2D eigenvalue weighted by molar-refractivity contribution is 0.0112. The van der Waals surface area contributed by atoms with Crippen LogP contribution in [0.2, 0.25) is 6.32 Å². The van der Waals surface area contributed by atoms with E-state index in [0.29, 0.717) is 6.61 Å². The van der Waals surface area contributed by atoms with Crippen LogP contribution >= 0.6 is 0 Å². The van der Waals surface area contributed by atoms with Crippen molar-refractivity contribution in [2.24, 2.45) is 0 Å². The van der Waals surface area contributed by atoms with Gasteiger partial charge in [-0.2, -0.15) is 0 Å². The van der Waals surface area contributed by atoms with Crippen molar-refractivity contribution < 1.29 is 19.2 Å². The molecule has 5 heteroatoms. The molecule has 0 aromatic carbocycles. The fourth-order valence-corrected chi connectivity index (χ4v) is 1.69. The van der Waals surface area contributed by atoms with E-state index >= 15 is 0 Å². The highest BCUT2D eigenvalue weighted by atomic mass is 16.7. The zero-order valence-corrected chi connectivity index (χ0v) is 7.10. The van der Waals surface area contributed by atoms with Crippen molar-refractivity contribution in [2.75, 3.05) is 13.2 Å². The molecular formula is C7H13BO4. The third-order valence-electron chi connectivity index (χ3n) is 2.36. The molecular weight excluding hydrogens is 159 g/mol. The summed E-state index contributed by atoms with van der Waals surface area (Å²) in [4.78, 5) is 0. The van der Waals surface area contributed by atoms with Crippen LogP contribution in [-0.4, -0.2) is 43.8 Å². The van der Waals surface area contributed by atoms with Gasteiger partial charge in [-0.25, -0.2) is 0 Å². The molecule has 0 unspecified atom stereocenters. The van der Waals surface area contributed by atoms with Crippen molar-refractivity contribution >= 4 is 7.12 Å². The van der Waals surface area contributed by atoms with E-state index in [-0.39, 0.29) is 32.0 Å². The second-order valence-electron chi connectivity index (χ2n) is 3.17. The Morgan fingerprint density at radius 1 is 1.50 bits per heavy atom. The lowest BCUT2D eigenvalue weighted by Gasteiger charge is -2.13. The predicted molar refractivity (Wildman–Crippen MR) is 42.8 cm³/mol. The van der Waals surface area contributed by atoms with Crippen molar-refractivity contribution in [3.8, 4) is 0 Å². The monoisotopic (exact) mass is 172 g/mol. The fraction of sp³-hybridized carbons (Fsp3) is 1.00. The van der Waals surface area contributed by atoms with Gasteiger partial charge >= 0.3 is 7.12 Å². The minimum Gasteiger partial charge on any atom is -0.403 e. The number of aliphatic hydroxyl groups excluding tert-OH is 1. The van der Waals surface area contributed by atoms with E-state index in [0.717, 1.165) is 6.32 Å². The van der Waals surface area contributed by atoms with Crippen LogP contribution in [0.15, 0.2) is 0 Å². The van der Waals surface area contributed by atoms with E-state index in [1.54, 1.807) is 0 Å². The first kappa shape index (κ1) is 8.50. The van der Waals surface area contributed by atoms with Gasteiger partial charge in [0.15, 0.2) is 0 Å². The molecule has 4 nitrogen and oxygen atoms in total. The number of hydrogen-bond acceptors (Lipinski definition) is 4. The number of rotatable bonds is 2. The minimum absolute atomic E-state index is 0.0148. The second-order valence-corrected chi connectivity index (χ2v) is 3.17. The number of fused-ring (bicyclic) bond motifs is 1. The number of ether oxygens (including phenoxy) is 1. The van der Waals surface area contributed by atoms with Gasteiger partial charge in [-0.1, -0.05) is 6.92 Å². The zero-order chi connectivity index (χ0) is 8.55. The Morgan fingerprint density at radius 3 is 3.00 bits per heavy atom. The first-order valence-corrected chi connectivity index (χ1v) is 4.38. The summed E-state index contributed by atoms with van der Waals surface area (Å²) in [5.41, 5.74) is 0. The van der Waals surface area contributed by atoms with E-state index in [4.69, 9.17) is 19.2 Å². The van der Waals surface area contributed by atoms with Crippen molar-refractivity contribution in [3.05, 3.63) is 0 Å². The van der Waals surface area contributed by atoms with Gasteiger partial charge in [0.25, 0.3) is 0 Å². The van der Waals surface area contributed by atoms with Gasteiger partial charge in [0, 0.05) is 0 Å². The summed E-state index contributed by atoms with van der Waals surface area (Å²) in [7, 11) is -0.0991. The lowest BCUT2D eigenvalue weighted by Crippen LogP contribution is -2.30. The van der Waals surface area contributed by atoms with E-state index in [9.17, 15) is 0 Å². The molecule has 68 valence electrons. The average Bonchev–Trinajstić information content (AvgIpc) is 2.61. The molecule has 2 saturated heterocycles. The Balaban J connectivity index is 1.96. The maximum atomic E-state index is 8.91. The van der Waals surface area contributed by atoms with Crippen molar-refractivity contribution in [1.82, 2.24) is 0 Å². The second kappa shape index (κ2) is 3.34. The van der Waals surface area contributed by atoms with E-state index in [2.05, 4.69) is 0 Å². The first-order valence-electron chi connectivity index (χ1n) is 4.38. The third kappa shape index (κ3) is 1.27. The summed E-state index contributed by atoms with van der Waals surface area (Å²) < 4.78 is 16.3. The SMILES string of the molecule is CCB1O[C@H]2[C@H](CO[C@@H]2CO)O1. The molecule has 0 aromatic rings. The third-order valence-corrected chi connectivity index (χ3v) is 2.36. The standard InChI is InChI=1S/C7H13BO4/c1-2-8-11-6-4-10-5(3-9)7(6)12-8/h5-7,9H,2-4H2,1H3/t5-,6+,7-/m1/s1. The number of aliphatic hydroxyl groups is 1.